The fourth-order valence-electron chi connectivity index (χ4n) is 2.78. The Hall–Kier alpha value is -1.38. The molecular weight excluding hydrogens is 214 g/mol. The maximum atomic E-state index is 5.47. The smallest absolute Gasteiger partial charge is 0.128 e. The zero-order valence-corrected chi connectivity index (χ0v) is 11.3. The van der Waals surface area contributed by atoms with E-state index in [1.807, 2.05) is 6.07 Å². The van der Waals surface area contributed by atoms with E-state index in [9.17, 15) is 0 Å². The van der Waals surface area contributed by atoms with Crippen LogP contribution in [-0.4, -0.2) is 19.8 Å². The Morgan fingerprint density at radius 1 is 1.24 bits per heavy atom. The molecule has 0 spiro atoms. The molecule has 1 aromatic rings. The summed E-state index contributed by atoms with van der Waals surface area (Å²) >= 11 is 0. The van der Waals surface area contributed by atoms with Crippen molar-refractivity contribution in [1.29, 1.82) is 0 Å². The van der Waals surface area contributed by atoms with Gasteiger partial charge in [-0.3, -0.25) is 0 Å². The van der Waals surface area contributed by atoms with Gasteiger partial charge in [0.25, 0.3) is 0 Å². The van der Waals surface area contributed by atoms with Crippen molar-refractivity contribution in [3.8, 4) is 11.5 Å². The van der Waals surface area contributed by atoms with Gasteiger partial charge in [0.05, 0.1) is 14.2 Å². The maximum absolute atomic E-state index is 5.47. The summed E-state index contributed by atoms with van der Waals surface area (Å²) in [5.41, 5.74) is 2.50. The molecule has 0 radical (unpaired) electrons. The highest BCUT2D eigenvalue weighted by atomic mass is 16.5. The summed E-state index contributed by atoms with van der Waals surface area (Å²) < 4.78 is 10.8. The average Bonchev–Trinajstić information content (AvgIpc) is 2.25. The van der Waals surface area contributed by atoms with Gasteiger partial charge in [-0.2, -0.15) is 0 Å². The molecule has 0 fully saturated rings. The number of nitrogens with one attached hydrogen (secondary N) is 1. The van der Waals surface area contributed by atoms with Crippen LogP contribution in [0.5, 0.6) is 11.5 Å². The minimum atomic E-state index is 0.115. The van der Waals surface area contributed by atoms with Crippen LogP contribution in [-0.2, 0) is 0 Å². The van der Waals surface area contributed by atoms with Gasteiger partial charge < -0.3 is 14.8 Å². The first-order chi connectivity index (χ1) is 7.96. The number of methoxy groups -OCH3 is 2. The highest BCUT2D eigenvalue weighted by Crippen LogP contribution is 2.45. The van der Waals surface area contributed by atoms with Crippen molar-refractivity contribution in [3.63, 3.8) is 0 Å². The lowest BCUT2D eigenvalue weighted by Gasteiger charge is -2.38. The van der Waals surface area contributed by atoms with Crippen molar-refractivity contribution in [2.75, 3.05) is 19.5 Å². The molecule has 3 heteroatoms. The molecule has 17 heavy (non-hydrogen) atoms. The quantitative estimate of drug-likeness (QED) is 0.852. The second kappa shape index (κ2) is 4.13. The summed E-state index contributed by atoms with van der Waals surface area (Å²) in [6.07, 6.45) is 1.10. The molecule has 0 amide bonds. The van der Waals surface area contributed by atoms with E-state index in [4.69, 9.17) is 9.47 Å². The van der Waals surface area contributed by atoms with Crippen molar-refractivity contribution < 1.29 is 9.47 Å². The van der Waals surface area contributed by atoms with Crippen molar-refractivity contribution >= 4 is 5.69 Å². The number of hydrogen-bond donors (Lipinski definition) is 1. The van der Waals surface area contributed by atoms with Crippen LogP contribution in [0, 0.1) is 0 Å². The molecule has 1 aliphatic heterocycles. The predicted molar refractivity (Wildman–Crippen MR) is 70.3 cm³/mol. The summed E-state index contributed by atoms with van der Waals surface area (Å²) in [4.78, 5) is 0. The first kappa shape index (κ1) is 12.1. The van der Waals surface area contributed by atoms with E-state index < -0.39 is 0 Å². The Kier molecular flexibility index (Phi) is 2.94. The largest absolute Gasteiger partial charge is 0.497 e. The lowest BCUT2D eigenvalue weighted by molar-refractivity contribution is 0.378. The van der Waals surface area contributed by atoms with Gasteiger partial charge in [0.1, 0.15) is 11.5 Å². The van der Waals surface area contributed by atoms with Gasteiger partial charge in [0.15, 0.2) is 0 Å². The van der Waals surface area contributed by atoms with E-state index >= 15 is 0 Å². The molecule has 0 aromatic heterocycles. The molecule has 2 rings (SSSR count). The number of ether oxygens (including phenoxy) is 2. The Morgan fingerprint density at radius 3 is 2.53 bits per heavy atom. The van der Waals surface area contributed by atoms with E-state index in [0.29, 0.717) is 5.92 Å². The molecule has 1 N–H and O–H groups in total. The third-order valence-corrected chi connectivity index (χ3v) is 3.35. The number of hydrogen-bond acceptors (Lipinski definition) is 3. The minimum Gasteiger partial charge on any atom is -0.497 e. The molecule has 0 unspecified atom stereocenters. The zero-order chi connectivity index (χ0) is 12.6. The van der Waals surface area contributed by atoms with Crippen LogP contribution in [0.25, 0.3) is 0 Å². The SMILES string of the molecule is COc1cc2c(c(OC)c1)[C@H](C)CC(C)(C)N2. The van der Waals surface area contributed by atoms with Crippen molar-refractivity contribution in [3.05, 3.63) is 17.7 Å². The number of benzene rings is 1. The van der Waals surface area contributed by atoms with E-state index in [1.54, 1.807) is 14.2 Å². The van der Waals surface area contributed by atoms with Crippen LogP contribution in [0.4, 0.5) is 5.69 Å². The average molecular weight is 235 g/mol. The van der Waals surface area contributed by atoms with Crippen LogP contribution in [0.2, 0.25) is 0 Å². The van der Waals surface area contributed by atoms with Crippen LogP contribution < -0.4 is 14.8 Å². The highest BCUT2D eigenvalue weighted by molar-refractivity contribution is 5.65. The van der Waals surface area contributed by atoms with Gasteiger partial charge in [-0.15, -0.1) is 0 Å². The van der Waals surface area contributed by atoms with E-state index in [1.165, 1.54) is 5.56 Å². The Balaban J connectivity index is 2.54. The molecule has 1 atom stereocenters. The summed E-state index contributed by atoms with van der Waals surface area (Å²) in [7, 11) is 3.39. The van der Waals surface area contributed by atoms with Crippen molar-refractivity contribution in [2.45, 2.75) is 38.6 Å². The lowest BCUT2D eigenvalue weighted by Crippen LogP contribution is -2.36. The molecule has 1 aliphatic rings. The molecule has 0 bridgehead atoms. The van der Waals surface area contributed by atoms with E-state index in [2.05, 4.69) is 32.2 Å². The standard InChI is InChI=1S/C14H21NO2/c1-9-8-14(2,3)15-11-6-10(16-4)7-12(17-5)13(9)11/h6-7,9,15H,8H2,1-5H3/t9-/m1/s1. The summed E-state index contributed by atoms with van der Waals surface area (Å²) in [6, 6.07) is 4.00. The molecule has 0 aliphatic carbocycles. The first-order valence-electron chi connectivity index (χ1n) is 6.01. The molecule has 0 saturated carbocycles. The second-order valence-corrected chi connectivity index (χ2v) is 5.40. The summed E-state index contributed by atoms with van der Waals surface area (Å²) in [5.74, 6) is 2.23. The fraction of sp³-hybridized carbons (Fsp3) is 0.571. The second-order valence-electron chi connectivity index (χ2n) is 5.40. The highest BCUT2D eigenvalue weighted by Gasteiger charge is 2.31. The maximum Gasteiger partial charge on any atom is 0.128 e. The Labute approximate surface area is 103 Å². The van der Waals surface area contributed by atoms with Gasteiger partial charge in [-0.25, -0.2) is 0 Å². The van der Waals surface area contributed by atoms with Gasteiger partial charge in [0, 0.05) is 28.9 Å². The first-order valence-corrected chi connectivity index (χ1v) is 6.01. The molecule has 94 valence electrons. The number of rotatable bonds is 2. The van der Waals surface area contributed by atoms with Crippen LogP contribution in [0.1, 0.15) is 38.7 Å². The monoisotopic (exact) mass is 235 g/mol. The normalized spacial score (nSPS) is 21.4. The zero-order valence-electron chi connectivity index (χ0n) is 11.3. The minimum absolute atomic E-state index is 0.115. The van der Waals surface area contributed by atoms with Crippen molar-refractivity contribution in [1.82, 2.24) is 0 Å². The Bertz CT molecular complexity index is 426. The molecular formula is C14H21NO2. The topological polar surface area (TPSA) is 30.5 Å². The predicted octanol–water partition coefficient (Wildman–Crippen LogP) is 3.40. The van der Waals surface area contributed by atoms with Crippen LogP contribution in [0.15, 0.2) is 12.1 Å². The van der Waals surface area contributed by atoms with E-state index in [-0.39, 0.29) is 5.54 Å². The van der Waals surface area contributed by atoms with Gasteiger partial charge in [-0.1, -0.05) is 6.92 Å². The number of anilines is 1. The third kappa shape index (κ3) is 2.19. The van der Waals surface area contributed by atoms with Gasteiger partial charge >= 0.3 is 0 Å². The van der Waals surface area contributed by atoms with E-state index in [0.717, 1.165) is 23.6 Å². The Morgan fingerprint density at radius 2 is 1.94 bits per heavy atom. The third-order valence-electron chi connectivity index (χ3n) is 3.35. The summed E-state index contributed by atoms with van der Waals surface area (Å²) in [5, 5.41) is 3.56. The molecule has 3 nitrogen and oxygen atoms in total. The van der Waals surface area contributed by atoms with Gasteiger partial charge in [-0.05, 0) is 26.2 Å². The summed E-state index contributed by atoms with van der Waals surface area (Å²) in [6.45, 7) is 6.69. The number of fused-ring (bicyclic) bond motifs is 1. The molecule has 0 saturated heterocycles. The van der Waals surface area contributed by atoms with Crippen LogP contribution >= 0.6 is 0 Å². The lowest BCUT2D eigenvalue weighted by atomic mass is 9.81. The van der Waals surface area contributed by atoms with Gasteiger partial charge in [0.2, 0.25) is 0 Å². The molecule has 1 aromatic carbocycles. The molecule has 1 heterocycles. The fourth-order valence-corrected chi connectivity index (χ4v) is 2.78. The van der Waals surface area contributed by atoms with Crippen molar-refractivity contribution in [2.24, 2.45) is 0 Å². The van der Waals surface area contributed by atoms with Crippen LogP contribution in [0.3, 0.4) is 0 Å².